The molecule has 1 aromatic carbocycles. The summed E-state index contributed by atoms with van der Waals surface area (Å²) in [6, 6.07) is 5.70. The molecule has 0 bridgehead atoms. The molecule has 0 aliphatic carbocycles. The van der Waals surface area contributed by atoms with Gasteiger partial charge >= 0.3 is 10.3 Å². The number of hydrogen-bond donors (Lipinski definition) is 3. The standard InChI is InChI=1S/C12H15N3O5S/c1-7-10(12(17)15(7)21(18,19)20)14-11(16)9(13)8-5-3-2-4-6-8/h2-7,9-10H,13H2,1H3,(H,14,16)(H,18,19,20)/t7-,9?,10+/m0/s1. The van der Waals surface area contributed by atoms with E-state index in [-0.39, 0.29) is 0 Å². The monoisotopic (exact) mass is 313 g/mol. The highest BCUT2D eigenvalue weighted by Crippen LogP contribution is 2.23. The van der Waals surface area contributed by atoms with Gasteiger partial charge in [0.05, 0.1) is 6.04 Å². The van der Waals surface area contributed by atoms with Crippen molar-refractivity contribution in [2.45, 2.75) is 25.0 Å². The minimum absolute atomic E-state index is 0.311. The van der Waals surface area contributed by atoms with E-state index in [0.29, 0.717) is 9.87 Å². The number of nitrogens with two attached hydrogens (primary N) is 1. The first-order valence-corrected chi connectivity index (χ1v) is 7.54. The molecule has 0 saturated carbocycles. The highest BCUT2D eigenvalue weighted by molar-refractivity contribution is 7.84. The summed E-state index contributed by atoms with van der Waals surface area (Å²) in [7, 11) is -4.60. The summed E-state index contributed by atoms with van der Waals surface area (Å²) >= 11 is 0. The summed E-state index contributed by atoms with van der Waals surface area (Å²) in [6.07, 6.45) is 0. The Morgan fingerprint density at radius 1 is 1.38 bits per heavy atom. The largest absolute Gasteiger partial charge is 0.362 e. The summed E-state index contributed by atoms with van der Waals surface area (Å²) < 4.78 is 31.1. The van der Waals surface area contributed by atoms with E-state index in [1.54, 1.807) is 30.3 Å². The molecule has 1 heterocycles. The number of rotatable bonds is 4. The second kappa shape index (κ2) is 5.43. The molecule has 114 valence electrons. The van der Waals surface area contributed by atoms with Crippen molar-refractivity contribution >= 4 is 22.1 Å². The number of carbonyl (C=O) groups excluding carboxylic acids is 2. The second-order valence-corrected chi connectivity index (χ2v) is 6.02. The van der Waals surface area contributed by atoms with E-state index in [2.05, 4.69) is 5.32 Å². The van der Waals surface area contributed by atoms with Crippen LogP contribution in [0.15, 0.2) is 30.3 Å². The maximum absolute atomic E-state index is 12.0. The second-order valence-electron chi connectivity index (χ2n) is 4.73. The smallest absolute Gasteiger partial charge is 0.341 e. The van der Waals surface area contributed by atoms with Crippen LogP contribution >= 0.6 is 0 Å². The fourth-order valence-electron chi connectivity index (χ4n) is 2.16. The molecule has 3 atom stereocenters. The van der Waals surface area contributed by atoms with E-state index in [1.807, 2.05) is 0 Å². The van der Waals surface area contributed by atoms with Gasteiger partial charge < -0.3 is 11.1 Å². The lowest BCUT2D eigenvalue weighted by atomic mass is 9.99. The first kappa shape index (κ1) is 15.4. The molecule has 2 amide bonds. The molecular weight excluding hydrogens is 298 g/mol. The summed E-state index contributed by atoms with van der Waals surface area (Å²) in [4.78, 5) is 23.6. The van der Waals surface area contributed by atoms with Gasteiger partial charge in [-0.1, -0.05) is 30.3 Å². The molecule has 4 N–H and O–H groups in total. The van der Waals surface area contributed by atoms with Crippen molar-refractivity contribution in [3.8, 4) is 0 Å². The molecule has 0 aromatic heterocycles. The molecule has 0 radical (unpaired) electrons. The van der Waals surface area contributed by atoms with Crippen LogP contribution in [0.4, 0.5) is 0 Å². The number of β-lactam (4-membered cyclic amide) rings is 1. The van der Waals surface area contributed by atoms with E-state index in [4.69, 9.17) is 10.3 Å². The number of hydrogen-bond acceptors (Lipinski definition) is 5. The molecule has 21 heavy (non-hydrogen) atoms. The summed E-state index contributed by atoms with van der Waals surface area (Å²) in [5.41, 5.74) is 6.34. The fraction of sp³-hybridized carbons (Fsp3) is 0.333. The molecule has 1 fully saturated rings. The van der Waals surface area contributed by atoms with Gasteiger partial charge in [-0.15, -0.1) is 0 Å². The van der Waals surface area contributed by atoms with E-state index < -0.39 is 40.2 Å². The number of carbonyl (C=O) groups is 2. The maximum Gasteiger partial charge on any atom is 0.362 e. The molecule has 1 aromatic rings. The Hall–Kier alpha value is -1.97. The molecule has 1 aliphatic rings. The molecule has 1 aliphatic heterocycles. The summed E-state index contributed by atoms with van der Waals surface area (Å²) in [5, 5.41) is 2.39. The van der Waals surface area contributed by atoms with Crippen LogP contribution in [0.1, 0.15) is 18.5 Å². The van der Waals surface area contributed by atoms with E-state index in [9.17, 15) is 18.0 Å². The third kappa shape index (κ3) is 2.89. The van der Waals surface area contributed by atoms with Crippen molar-refractivity contribution in [1.82, 2.24) is 9.62 Å². The lowest BCUT2D eigenvalue weighted by molar-refractivity contribution is -0.145. The zero-order valence-corrected chi connectivity index (χ0v) is 11.9. The van der Waals surface area contributed by atoms with E-state index in [0.717, 1.165) is 0 Å². The van der Waals surface area contributed by atoms with Crippen molar-refractivity contribution in [2.24, 2.45) is 5.73 Å². The fourth-order valence-corrected chi connectivity index (χ4v) is 3.04. The number of benzene rings is 1. The lowest BCUT2D eigenvalue weighted by Gasteiger charge is -2.42. The Balaban J connectivity index is 2.04. The molecule has 1 saturated heterocycles. The van der Waals surface area contributed by atoms with Crippen LogP contribution in [-0.4, -0.2) is 41.2 Å². The van der Waals surface area contributed by atoms with E-state index >= 15 is 0 Å². The first-order valence-electron chi connectivity index (χ1n) is 6.15. The Kier molecular flexibility index (Phi) is 3.99. The first-order chi connectivity index (χ1) is 9.73. The lowest BCUT2D eigenvalue weighted by Crippen LogP contribution is -2.71. The van der Waals surface area contributed by atoms with Crippen LogP contribution in [0.3, 0.4) is 0 Å². The van der Waals surface area contributed by atoms with Crippen LogP contribution in [0, 0.1) is 0 Å². The molecular formula is C12H15N3O5S. The Labute approximate surface area is 121 Å². The van der Waals surface area contributed by atoms with Crippen molar-refractivity contribution in [3.05, 3.63) is 35.9 Å². The van der Waals surface area contributed by atoms with Crippen molar-refractivity contribution in [1.29, 1.82) is 0 Å². The van der Waals surface area contributed by atoms with Crippen LogP contribution in [0.5, 0.6) is 0 Å². The molecule has 9 heteroatoms. The third-order valence-corrected chi connectivity index (χ3v) is 4.33. The van der Waals surface area contributed by atoms with Gasteiger partial charge in [-0.05, 0) is 12.5 Å². The van der Waals surface area contributed by atoms with Gasteiger partial charge in [-0.3, -0.25) is 14.1 Å². The zero-order chi connectivity index (χ0) is 15.8. The van der Waals surface area contributed by atoms with Gasteiger partial charge in [0.15, 0.2) is 0 Å². The predicted octanol–water partition coefficient (Wildman–Crippen LogP) is -0.795. The topological polar surface area (TPSA) is 130 Å². The Bertz CT molecular complexity index is 661. The van der Waals surface area contributed by atoms with Gasteiger partial charge in [0, 0.05) is 0 Å². The Morgan fingerprint density at radius 2 is 1.95 bits per heavy atom. The van der Waals surface area contributed by atoms with Crippen LogP contribution < -0.4 is 11.1 Å². The zero-order valence-electron chi connectivity index (χ0n) is 11.1. The molecule has 1 unspecified atom stereocenters. The van der Waals surface area contributed by atoms with Gasteiger partial charge in [0.1, 0.15) is 12.1 Å². The van der Waals surface area contributed by atoms with Crippen LogP contribution in [-0.2, 0) is 19.9 Å². The quantitative estimate of drug-likeness (QED) is 0.493. The van der Waals surface area contributed by atoms with Crippen molar-refractivity contribution < 1.29 is 22.6 Å². The summed E-state index contributed by atoms with van der Waals surface area (Å²) in [6.45, 7) is 1.40. The van der Waals surface area contributed by atoms with Crippen molar-refractivity contribution in [3.63, 3.8) is 0 Å². The van der Waals surface area contributed by atoms with Crippen molar-refractivity contribution in [2.75, 3.05) is 0 Å². The number of nitrogens with zero attached hydrogens (tertiary/aromatic N) is 1. The number of amides is 2. The highest BCUT2D eigenvalue weighted by Gasteiger charge is 2.51. The minimum Gasteiger partial charge on any atom is -0.341 e. The minimum atomic E-state index is -4.60. The van der Waals surface area contributed by atoms with E-state index in [1.165, 1.54) is 6.92 Å². The molecule has 8 nitrogen and oxygen atoms in total. The third-order valence-electron chi connectivity index (χ3n) is 3.32. The molecule has 2 rings (SSSR count). The average molecular weight is 313 g/mol. The van der Waals surface area contributed by atoms with Crippen LogP contribution in [0.25, 0.3) is 0 Å². The van der Waals surface area contributed by atoms with Gasteiger partial charge in [-0.2, -0.15) is 8.42 Å². The number of nitrogens with one attached hydrogen (secondary N) is 1. The van der Waals surface area contributed by atoms with Crippen LogP contribution in [0.2, 0.25) is 0 Å². The Morgan fingerprint density at radius 3 is 2.43 bits per heavy atom. The maximum atomic E-state index is 12.0. The average Bonchev–Trinajstić information content (AvgIpc) is 2.43. The molecule has 0 spiro atoms. The highest BCUT2D eigenvalue weighted by atomic mass is 32.2. The normalized spacial score (nSPS) is 23.4. The summed E-state index contributed by atoms with van der Waals surface area (Å²) in [5.74, 6) is -1.49. The van der Waals surface area contributed by atoms with Gasteiger partial charge in [-0.25, -0.2) is 4.31 Å². The van der Waals surface area contributed by atoms with Gasteiger partial charge in [0.2, 0.25) is 5.91 Å². The van der Waals surface area contributed by atoms with Gasteiger partial charge in [0.25, 0.3) is 5.91 Å². The SMILES string of the molecule is C[C@H]1[C@@H](NC(=O)C(N)c2ccccc2)C(=O)N1S(=O)(=O)O. The predicted molar refractivity (Wildman–Crippen MR) is 73.2 cm³/mol.